The number of hydrogen-bond acceptors (Lipinski definition) is 3. The van der Waals surface area contributed by atoms with Crippen LogP contribution in [0.5, 0.6) is 0 Å². The molecule has 2 heterocycles. The maximum absolute atomic E-state index is 12.9. The van der Waals surface area contributed by atoms with Crippen LogP contribution in [0.3, 0.4) is 0 Å². The number of amides is 2. The average Bonchev–Trinajstić information content (AvgIpc) is 3.15. The van der Waals surface area contributed by atoms with Gasteiger partial charge in [0.1, 0.15) is 0 Å². The lowest BCUT2D eigenvalue weighted by Crippen LogP contribution is -2.48. The maximum atomic E-state index is 12.9. The van der Waals surface area contributed by atoms with Crippen LogP contribution in [0.15, 0.2) is 48.5 Å². The Balaban J connectivity index is 1.30. The average molecular weight is 392 g/mol. The van der Waals surface area contributed by atoms with Gasteiger partial charge in [0.05, 0.1) is 0 Å². The van der Waals surface area contributed by atoms with E-state index in [0.717, 1.165) is 56.8 Å². The van der Waals surface area contributed by atoms with Crippen molar-refractivity contribution in [2.24, 2.45) is 0 Å². The molecule has 0 atom stereocenters. The third-order valence-electron chi connectivity index (χ3n) is 6.06. The highest BCUT2D eigenvalue weighted by atomic mass is 16.2. The molecule has 0 N–H and O–H groups in total. The summed E-state index contributed by atoms with van der Waals surface area (Å²) in [7, 11) is 0. The molecule has 0 aliphatic carbocycles. The van der Waals surface area contributed by atoms with Crippen LogP contribution in [0.25, 0.3) is 0 Å². The van der Waals surface area contributed by atoms with Crippen molar-refractivity contribution in [2.75, 3.05) is 32.7 Å². The molecule has 152 valence electrons. The predicted octanol–water partition coefficient (Wildman–Crippen LogP) is 3.08. The highest BCUT2D eigenvalue weighted by molar-refractivity contribution is 5.94. The molecule has 5 heteroatoms. The summed E-state index contributed by atoms with van der Waals surface area (Å²) >= 11 is 0. The molecule has 4 rings (SSSR count). The van der Waals surface area contributed by atoms with Gasteiger partial charge in [0.15, 0.2) is 0 Å². The summed E-state index contributed by atoms with van der Waals surface area (Å²) in [6.45, 7) is 7.89. The van der Waals surface area contributed by atoms with Gasteiger partial charge in [-0.1, -0.05) is 36.4 Å². The summed E-state index contributed by atoms with van der Waals surface area (Å²) in [5.41, 5.74) is 4.50. The molecule has 0 bridgehead atoms. The lowest BCUT2D eigenvalue weighted by molar-refractivity contribution is -0.128. The van der Waals surface area contributed by atoms with E-state index in [9.17, 15) is 9.59 Å². The fourth-order valence-electron chi connectivity index (χ4n) is 4.16. The summed E-state index contributed by atoms with van der Waals surface area (Å²) in [4.78, 5) is 30.9. The standard InChI is InChI=1S/C24H29N3O2/c1-19-5-2-3-6-22(19)18-25-13-15-26(16-14-25)24(29)21-10-8-20(9-11-21)17-27-12-4-7-23(27)28/h2-3,5-6,8-11H,4,7,12-18H2,1H3. The van der Waals surface area contributed by atoms with E-state index in [1.807, 2.05) is 34.1 Å². The molecule has 0 radical (unpaired) electrons. The number of carbonyl (C=O) groups excluding carboxylic acids is 2. The number of likely N-dealkylation sites (tertiary alicyclic amines) is 1. The minimum absolute atomic E-state index is 0.101. The summed E-state index contributed by atoms with van der Waals surface area (Å²) in [6.07, 6.45) is 1.61. The number of piperazine rings is 1. The molecule has 0 saturated carbocycles. The Hall–Kier alpha value is -2.66. The van der Waals surface area contributed by atoms with Crippen LogP contribution in [0.4, 0.5) is 0 Å². The van der Waals surface area contributed by atoms with Crippen LogP contribution < -0.4 is 0 Å². The Morgan fingerprint density at radius 1 is 0.897 bits per heavy atom. The van der Waals surface area contributed by atoms with E-state index in [4.69, 9.17) is 0 Å². The van der Waals surface area contributed by atoms with E-state index in [2.05, 4.69) is 36.1 Å². The topological polar surface area (TPSA) is 43.9 Å². The van der Waals surface area contributed by atoms with Crippen LogP contribution in [-0.4, -0.2) is 59.2 Å². The van der Waals surface area contributed by atoms with Crippen LogP contribution in [0.1, 0.15) is 39.9 Å². The molecule has 5 nitrogen and oxygen atoms in total. The predicted molar refractivity (Wildman–Crippen MR) is 113 cm³/mol. The zero-order valence-electron chi connectivity index (χ0n) is 17.1. The largest absolute Gasteiger partial charge is 0.338 e. The minimum Gasteiger partial charge on any atom is -0.338 e. The molecule has 2 amide bonds. The molecule has 0 unspecified atom stereocenters. The second-order valence-electron chi connectivity index (χ2n) is 8.11. The summed E-state index contributed by atoms with van der Waals surface area (Å²) < 4.78 is 0. The van der Waals surface area contributed by atoms with Crippen molar-refractivity contribution in [2.45, 2.75) is 32.9 Å². The van der Waals surface area contributed by atoms with Gasteiger partial charge >= 0.3 is 0 Å². The van der Waals surface area contributed by atoms with E-state index in [0.29, 0.717) is 13.0 Å². The molecule has 0 aromatic heterocycles. The number of aryl methyl sites for hydroxylation is 1. The first-order valence-electron chi connectivity index (χ1n) is 10.5. The van der Waals surface area contributed by atoms with Gasteiger partial charge in [-0.15, -0.1) is 0 Å². The maximum Gasteiger partial charge on any atom is 0.253 e. The molecule has 0 spiro atoms. The molecular weight excluding hydrogens is 362 g/mol. The molecule has 2 saturated heterocycles. The van der Waals surface area contributed by atoms with Gasteiger partial charge in [-0.05, 0) is 42.2 Å². The second-order valence-corrected chi connectivity index (χ2v) is 8.11. The molecule has 2 aromatic carbocycles. The Labute approximate surface area is 172 Å². The highest BCUT2D eigenvalue weighted by Gasteiger charge is 2.23. The van der Waals surface area contributed by atoms with E-state index in [1.54, 1.807) is 0 Å². The normalized spacial score (nSPS) is 17.8. The Morgan fingerprint density at radius 3 is 2.28 bits per heavy atom. The number of hydrogen-bond donors (Lipinski definition) is 0. The van der Waals surface area contributed by atoms with Crippen molar-refractivity contribution in [1.29, 1.82) is 0 Å². The Bertz CT molecular complexity index is 870. The molecule has 2 aromatic rings. The van der Waals surface area contributed by atoms with E-state index in [1.165, 1.54) is 11.1 Å². The first-order valence-corrected chi connectivity index (χ1v) is 10.5. The van der Waals surface area contributed by atoms with Gasteiger partial charge in [0, 0.05) is 57.8 Å². The van der Waals surface area contributed by atoms with Crippen LogP contribution >= 0.6 is 0 Å². The monoisotopic (exact) mass is 391 g/mol. The van der Waals surface area contributed by atoms with E-state index < -0.39 is 0 Å². The zero-order valence-corrected chi connectivity index (χ0v) is 17.1. The summed E-state index contributed by atoms with van der Waals surface area (Å²) in [6, 6.07) is 16.3. The molecular formula is C24H29N3O2. The fourth-order valence-corrected chi connectivity index (χ4v) is 4.16. The van der Waals surface area contributed by atoms with Gasteiger partial charge in [-0.2, -0.15) is 0 Å². The summed E-state index contributed by atoms with van der Waals surface area (Å²) in [5, 5.41) is 0. The van der Waals surface area contributed by atoms with Gasteiger partial charge in [0.2, 0.25) is 5.91 Å². The highest BCUT2D eigenvalue weighted by Crippen LogP contribution is 2.17. The first kappa shape index (κ1) is 19.6. The summed E-state index contributed by atoms with van der Waals surface area (Å²) in [5.74, 6) is 0.332. The van der Waals surface area contributed by atoms with Crippen LogP contribution in [0, 0.1) is 6.92 Å². The third-order valence-corrected chi connectivity index (χ3v) is 6.06. The Kier molecular flexibility index (Phi) is 5.95. The quantitative estimate of drug-likeness (QED) is 0.787. The van der Waals surface area contributed by atoms with Gasteiger partial charge in [-0.3, -0.25) is 14.5 Å². The fraction of sp³-hybridized carbons (Fsp3) is 0.417. The zero-order chi connectivity index (χ0) is 20.2. The molecule has 2 aliphatic heterocycles. The van der Waals surface area contributed by atoms with Crippen LogP contribution in [0.2, 0.25) is 0 Å². The van der Waals surface area contributed by atoms with E-state index in [-0.39, 0.29) is 11.8 Å². The number of rotatable bonds is 5. The lowest BCUT2D eigenvalue weighted by atomic mass is 10.1. The van der Waals surface area contributed by atoms with Gasteiger partial charge in [-0.25, -0.2) is 0 Å². The van der Waals surface area contributed by atoms with Crippen molar-refractivity contribution in [3.8, 4) is 0 Å². The van der Waals surface area contributed by atoms with Crippen molar-refractivity contribution in [3.05, 3.63) is 70.8 Å². The smallest absolute Gasteiger partial charge is 0.253 e. The number of carbonyl (C=O) groups is 2. The first-order chi connectivity index (χ1) is 14.1. The molecule has 2 fully saturated rings. The third kappa shape index (κ3) is 4.67. The van der Waals surface area contributed by atoms with E-state index >= 15 is 0 Å². The second kappa shape index (κ2) is 8.78. The van der Waals surface area contributed by atoms with Crippen molar-refractivity contribution >= 4 is 11.8 Å². The van der Waals surface area contributed by atoms with Crippen molar-refractivity contribution in [3.63, 3.8) is 0 Å². The lowest BCUT2D eigenvalue weighted by Gasteiger charge is -2.35. The number of benzene rings is 2. The molecule has 29 heavy (non-hydrogen) atoms. The van der Waals surface area contributed by atoms with Gasteiger partial charge < -0.3 is 9.80 Å². The SMILES string of the molecule is Cc1ccccc1CN1CCN(C(=O)c2ccc(CN3CCCC3=O)cc2)CC1. The van der Waals surface area contributed by atoms with Crippen LogP contribution in [-0.2, 0) is 17.9 Å². The van der Waals surface area contributed by atoms with Gasteiger partial charge in [0.25, 0.3) is 5.91 Å². The Morgan fingerprint density at radius 2 is 1.62 bits per heavy atom. The van der Waals surface area contributed by atoms with Crippen molar-refractivity contribution < 1.29 is 9.59 Å². The number of nitrogens with zero attached hydrogens (tertiary/aromatic N) is 3. The minimum atomic E-state index is 0.101. The molecule has 2 aliphatic rings. The van der Waals surface area contributed by atoms with Crippen molar-refractivity contribution in [1.82, 2.24) is 14.7 Å².